The molecule has 2 unspecified atom stereocenters. The first-order chi connectivity index (χ1) is 9.41. The molecule has 1 aromatic carbocycles. The molecule has 0 spiro atoms. The lowest BCUT2D eigenvalue weighted by Crippen LogP contribution is -2.01. The summed E-state index contributed by atoms with van der Waals surface area (Å²) in [6.45, 7) is 1.54. The molecule has 0 aliphatic heterocycles. The van der Waals surface area contributed by atoms with Gasteiger partial charge < -0.3 is 4.52 Å². The molecule has 8 heteroatoms. The molecule has 20 heavy (non-hydrogen) atoms. The van der Waals surface area contributed by atoms with E-state index in [-0.39, 0.29) is 22.0 Å². The van der Waals surface area contributed by atoms with Gasteiger partial charge in [-0.3, -0.25) is 10.1 Å². The Hall–Kier alpha value is -0.920. The van der Waals surface area contributed by atoms with Gasteiger partial charge in [0.15, 0.2) is 5.69 Å². The Balaban J connectivity index is 2.36. The lowest BCUT2D eigenvalue weighted by molar-refractivity contribution is -0.386. The van der Waals surface area contributed by atoms with Gasteiger partial charge in [0.05, 0.1) is 14.6 Å². The van der Waals surface area contributed by atoms with Crippen LogP contribution in [0.2, 0.25) is 5.02 Å². The zero-order valence-electron chi connectivity index (χ0n) is 10.2. The van der Waals surface area contributed by atoms with Crippen LogP contribution in [0.4, 0.5) is 5.69 Å². The number of rotatable bonds is 4. The third kappa shape index (κ3) is 3.05. The molecule has 2 aromatic rings. The Morgan fingerprint density at radius 3 is 2.70 bits per heavy atom. The number of nitro groups is 1. The van der Waals surface area contributed by atoms with E-state index >= 15 is 0 Å². The third-order valence-corrected chi connectivity index (χ3v) is 5.66. The van der Waals surface area contributed by atoms with E-state index in [0.29, 0.717) is 5.02 Å². The molecule has 0 bridgehead atoms. The van der Waals surface area contributed by atoms with Crippen LogP contribution >= 0.6 is 43.5 Å². The predicted molar refractivity (Wildman–Crippen MR) is 82.7 cm³/mol. The maximum absolute atomic E-state index is 11.1. The van der Waals surface area contributed by atoms with Crippen LogP contribution < -0.4 is 0 Å². The first-order valence-electron chi connectivity index (χ1n) is 5.56. The van der Waals surface area contributed by atoms with E-state index in [1.807, 2.05) is 12.1 Å². The van der Waals surface area contributed by atoms with E-state index < -0.39 is 9.75 Å². The monoisotopic (exact) mass is 422 g/mol. The van der Waals surface area contributed by atoms with Crippen molar-refractivity contribution in [2.45, 2.75) is 16.6 Å². The lowest BCUT2D eigenvalue weighted by atomic mass is 10.1. The molecule has 1 aromatic heterocycles. The Labute approximate surface area is 136 Å². The molecule has 0 saturated carbocycles. The highest BCUT2D eigenvalue weighted by molar-refractivity contribution is 9.12. The SMILES string of the molecule is Cc1noc(C(Br)C(Br)c2cccc(Cl)c2)c1[N+](=O)[O-]. The van der Waals surface area contributed by atoms with Crippen LogP contribution in [-0.4, -0.2) is 10.1 Å². The van der Waals surface area contributed by atoms with Gasteiger partial charge in [0.25, 0.3) is 0 Å². The quantitative estimate of drug-likeness (QED) is 0.388. The van der Waals surface area contributed by atoms with Gasteiger partial charge in [0, 0.05) is 5.02 Å². The summed E-state index contributed by atoms with van der Waals surface area (Å²) < 4.78 is 5.09. The van der Waals surface area contributed by atoms with Crippen LogP contribution in [0, 0.1) is 17.0 Å². The second kappa shape index (κ2) is 6.24. The fourth-order valence-electron chi connectivity index (χ4n) is 1.77. The molecule has 106 valence electrons. The number of halogens is 3. The van der Waals surface area contributed by atoms with Crippen molar-refractivity contribution in [3.63, 3.8) is 0 Å². The lowest BCUT2D eigenvalue weighted by Gasteiger charge is -2.14. The number of aryl methyl sites for hydroxylation is 1. The Morgan fingerprint density at radius 2 is 2.10 bits per heavy atom. The van der Waals surface area contributed by atoms with Crippen molar-refractivity contribution in [2.75, 3.05) is 0 Å². The maximum Gasteiger partial charge on any atom is 0.335 e. The molecule has 5 nitrogen and oxygen atoms in total. The predicted octanol–water partition coefficient (Wildman–Crippen LogP) is 5.12. The molecule has 0 amide bonds. The first-order valence-corrected chi connectivity index (χ1v) is 7.77. The largest absolute Gasteiger partial charge is 0.352 e. The van der Waals surface area contributed by atoms with Gasteiger partial charge in [0.1, 0.15) is 0 Å². The highest BCUT2D eigenvalue weighted by Gasteiger charge is 2.33. The third-order valence-electron chi connectivity index (χ3n) is 2.71. The van der Waals surface area contributed by atoms with E-state index in [4.69, 9.17) is 16.1 Å². The average Bonchev–Trinajstić information content (AvgIpc) is 2.79. The fourth-order valence-corrected chi connectivity index (χ4v) is 3.09. The van der Waals surface area contributed by atoms with Crippen LogP contribution in [-0.2, 0) is 0 Å². The minimum Gasteiger partial charge on any atom is -0.352 e. The summed E-state index contributed by atoms with van der Waals surface area (Å²) >= 11 is 12.9. The van der Waals surface area contributed by atoms with Gasteiger partial charge in [-0.2, -0.15) is 0 Å². The molecular formula is C12H9Br2ClN2O3. The number of benzene rings is 1. The van der Waals surface area contributed by atoms with Gasteiger partial charge in [-0.05, 0) is 24.6 Å². The molecule has 0 aliphatic rings. The molecule has 0 saturated heterocycles. The second-order valence-electron chi connectivity index (χ2n) is 4.10. The summed E-state index contributed by atoms with van der Waals surface area (Å²) in [5, 5.41) is 15.3. The molecular weight excluding hydrogens is 415 g/mol. The number of nitrogens with zero attached hydrogens (tertiary/aromatic N) is 2. The van der Waals surface area contributed by atoms with Gasteiger partial charge in [-0.15, -0.1) is 0 Å². The average molecular weight is 424 g/mol. The van der Waals surface area contributed by atoms with Crippen molar-refractivity contribution in [3.8, 4) is 0 Å². The zero-order valence-corrected chi connectivity index (χ0v) is 14.1. The molecule has 1 heterocycles. The number of alkyl halides is 2. The number of aromatic nitrogens is 1. The van der Waals surface area contributed by atoms with Crippen LogP contribution in [0.3, 0.4) is 0 Å². The standard InChI is InChI=1S/C12H9Br2ClN2O3/c1-6-11(17(18)19)12(20-16-6)10(14)9(13)7-3-2-4-8(15)5-7/h2-5,9-10H,1H3. The minimum absolute atomic E-state index is 0.113. The summed E-state index contributed by atoms with van der Waals surface area (Å²) in [5.74, 6) is 0.175. The van der Waals surface area contributed by atoms with Crippen molar-refractivity contribution in [1.82, 2.24) is 5.16 Å². The van der Waals surface area contributed by atoms with Gasteiger partial charge in [-0.1, -0.05) is 60.8 Å². The number of hydrogen-bond donors (Lipinski definition) is 0. The highest BCUT2D eigenvalue weighted by Crippen LogP contribution is 2.46. The molecule has 0 radical (unpaired) electrons. The number of hydrogen-bond acceptors (Lipinski definition) is 4. The fraction of sp³-hybridized carbons (Fsp3) is 0.250. The molecule has 2 atom stereocenters. The molecule has 0 aliphatic carbocycles. The van der Waals surface area contributed by atoms with E-state index in [1.54, 1.807) is 12.1 Å². The summed E-state index contributed by atoms with van der Waals surface area (Å²) in [6.07, 6.45) is 0. The molecule has 0 fully saturated rings. The van der Waals surface area contributed by atoms with Crippen LogP contribution in [0.15, 0.2) is 28.8 Å². The van der Waals surface area contributed by atoms with Crippen LogP contribution in [0.25, 0.3) is 0 Å². The van der Waals surface area contributed by atoms with Gasteiger partial charge >= 0.3 is 5.69 Å². The summed E-state index contributed by atoms with van der Waals surface area (Å²) in [4.78, 5) is 9.89. The Kier molecular flexibility index (Phi) is 4.82. The van der Waals surface area contributed by atoms with Crippen molar-refractivity contribution in [2.24, 2.45) is 0 Å². The smallest absolute Gasteiger partial charge is 0.335 e. The van der Waals surface area contributed by atoms with Crippen LogP contribution in [0.1, 0.15) is 26.7 Å². The minimum atomic E-state index is -0.493. The van der Waals surface area contributed by atoms with E-state index in [2.05, 4.69) is 37.0 Å². The maximum atomic E-state index is 11.1. The summed E-state index contributed by atoms with van der Waals surface area (Å²) in [7, 11) is 0. The second-order valence-corrected chi connectivity index (χ2v) is 6.51. The first kappa shape index (κ1) is 15.5. The summed E-state index contributed by atoms with van der Waals surface area (Å²) in [5.41, 5.74) is 1.02. The normalized spacial score (nSPS) is 14.0. The van der Waals surface area contributed by atoms with Crippen molar-refractivity contribution >= 4 is 49.1 Å². The topological polar surface area (TPSA) is 69.2 Å². The van der Waals surface area contributed by atoms with Crippen molar-refractivity contribution < 1.29 is 9.45 Å². The summed E-state index contributed by atoms with van der Waals surface area (Å²) in [6, 6.07) is 7.22. The van der Waals surface area contributed by atoms with Gasteiger partial charge in [0.2, 0.25) is 5.76 Å². The Bertz CT molecular complexity index is 647. The van der Waals surface area contributed by atoms with Crippen LogP contribution in [0.5, 0.6) is 0 Å². The van der Waals surface area contributed by atoms with E-state index in [9.17, 15) is 10.1 Å². The Morgan fingerprint density at radius 1 is 1.40 bits per heavy atom. The molecule has 0 N–H and O–H groups in total. The van der Waals surface area contributed by atoms with Crippen molar-refractivity contribution in [3.05, 3.63) is 56.4 Å². The zero-order chi connectivity index (χ0) is 14.9. The highest BCUT2D eigenvalue weighted by atomic mass is 79.9. The molecule has 2 rings (SSSR count). The van der Waals surface area contributed by atoms with Crippen molar-refractivity contribution in [1.29, 1.82) is 0 Å². The van der Waals surface area contributed by atoms with E-state index in [1.165, 1.54) is 6.92 Å². The van der Waals surface area contributed by atoms with Gasteiger partial charge in [-0.25, -0.2) is 0 Å². The van der Waals surface area contributed by atoms with E-state index in [0.717, 1.165) is 5.56 Å².